The van der Waals surface area contributed by atoms with E-state index in [1.165, 1.54) is 12.3 Å². The molecule has 0 spiro atoms. The molecule has 5 heterocycles. The van der Waals surface area contributed by atoms with Gasteiger partial charge >= 0.3 is 5.97 Å². The lowest BCUT2D eigenvalue weighted by Gasteiger charge is -2.29. The van der Waals surface area contributed by atoms with Gasteiger partial charge in [-0.1, -0.05) is 0 Å². The Morgan fingerprint density at radius 3 is 2.79 bits per heavy atom. The molecule has 154 valence electrons. The minimum atomic E-state index is -1.30. The average molecular weight is 401 g/mol. The molecule has 2 aromatic rings. The minimum absolute atomic E-state index is 0.0302. The van der Waals surface area contributed by atoms with E-state index < -0.39 is 17.2 Å². The molecular formula is C20H24FN5O3. The standard InChI is InChI=1S/C20H24FN5O3/c21-16-6-14-17(27)15(20(28)29)10-25(8-11-1-3-22-4-2-11)18(14)24-19(16)26-9-12-5-13(26)7-23-12/h6,10-13,22-23H,1-5,7-9H2,(H,28,29). The third-order valence-corrected chi connectivity index (χ3v) is 6.46. The highest BCUT2D eigenvalue weighted by Gasteiger charge is 2.39. The predicted octanol–water partition coefficient (Wildman–Crippen LogP) is 0.784. The number of piperidine rings is 1. The topological polar surface area (TPSA) is 99.5 Å². The van der Waals surface area contributed by atoms with Crippen LogP contribution in [0.2, 0.25) is 0 Å². The molecule has 3 fully saturated rings. The number of nitrogens with zero attached hydrogens (tertiary/aromatic N) is 3. The van der Waals surface area contributed by atoms with Crippen molar-refractivity contribution < 1.29 is 14.3 Å². The monoisotopic (exact) mass is 401 g/mol. The van der Waals surface area contributed by atoms with Crippen molar-refractivity contribution in [2.24, 2.45) is 5.92 Å². The molecule has 9 heteroatoms. The summed E-state index contributed by atoms with van der Waals surface area (Å²) in [5.41, 5.74) is -0.660. The summed E-state index contributed by atoms with van der Waals surface area (Å²) in [5.74, 6) is -1.26. The zero-order valence-electron chi connectivity index (χ0n) is 16.0. The van der Waals surface area contributed by atoms with E-state index in [4.69, 9.17) is 0 Å². The maximum Gasteiger partial charge on any atom is 0.341 e. The Labute approximate surface area is 166 Å². The van der Waals surface area contributed by atoms with E-state index in [2.05, 4.69) is 15.6 Å². The molecule has 5 rings (SSSR count). The molecule has 3 N–H and O–H groups in total. The molecule has 29 heavy (non-hydrogen) atoms. The summed E-state index contributed by atoms with van der Waals surface area (Å²) < 4.78 is 16.7. The van der Waals surface area contributed by atoms with Gasteiger partial charge in [-0.25, -0.2) is 14.2 Å². The Hall–Kier alpha value is -2.52. The van der Waals surface area contributed by atoms with Crippen molar-refractivity contribution in [2.45, 2.75) is 37.9 Å². The van der Waals surface area contributed by atoms with Crippen LogP contribution >= 0.6 is 0 Å². The Balaban J connectivity index is 1.63. The fourth-order valence-electron chi connectivity index (χ4n) is 4.93. The fourth-order valence-corrected chi connectivity index (χ4v) is 4.93. The van der Waals surface area contributed by atoms with E-state index in [1.54, 1.807) is 4.57 Å². The highest BCUT2D eigenvalue weighted by molar-refractivity contribution is 5.92. The third-order valence-electron chi connectivity index (χ3n) is 6.46. The number of fused-ring (bicyclic) bond motifs is 3. The van der Waals surface area contributed by atoms with E-state index in [1.807, 2.05) is 4.90 Å². The molecule has 3 aliphatic heterocycles. The number of aromatic nitrogens is 2. The number of carbonyl (C=O) groups is 1. The van der Waals surface area contributed by atoms with Crippen LogP contribution in [0, 0.1) is 11.7 Å². The number of nitrogens with one attached hydrogen (secondary N) is 2. The molecule has 0 radical (unpaired) electrons. The maximum absolute atomic E-state index is 15.0. The van der Waals surface area contributed by atoms with Crippen molar-refractivity contribution in [1.82, 2.24) is 20.2 Å². The second-order valence-electron chi connectivity index (χ2n) is 8.33. The number of hydrogen-bond donors (Lipinski definition) is 3. The van der Waals surface area contributed by atoms with Gasteiger partial charge in [-0.3, -0.25) is 4.79 Å². The highest BCUT2D eigenvalue weighted by Crippen LogP contribution is 2.31. The van der Waals surface area contributed by atoms with Crippen LogP contribution in [0.15, 0.2) is 17.1 Å². The molecule has 0 saturated carbocycles. The van der Waals surface area contributed by atoms with Gasteiger partial charge in [0.2, 0.25) is 5.43 Å². The molecular weight excluding hydrogens is 377 g/mol. The van der Waals surface area contributed by atoms with Crippen LogP contribution in [0.3, 0.4) is 0 Å². The summed E-state index contributed by atoms with van der Waals surface area (Å²) in [7, 11) is 0. The van der Waals surface area contributed by atoms with Gasteiger partial charge in [0.25, 0.3) is 0 Å². The molecule has 2 aromatic heterocycles. The second kappa shape index (κ2) is 7.07. The zero-order chi connectivity index (χ0) is 20.1. The Morgan fingerprint density at radius 2 is 2.14 bits per heavy atom. The van der Waals surface area contributed by atoms with Crippen molar-refractivity contribution in [3.05, 3.63) is 33.9 Å². The summed E-state index contributed by atoms with van der Waals surface area (Å²) in [4.78, 5) is 30.8. The third kappa shape index (κ3) is 3.18. The smallest absolute Gasteiger partial charge is 0.341 e. The van der Waals surface area contributed by atoms with Crippen molar-refractivity contribution >= 4 is 22.8 Å². The van der Waals surface area contributed by atoms with Crippen LogP contribution in [-0.2, 0) is 6.54 Å². The van der Waals surface area contributed by atoms with Gasteiger partial charge in [0.05, 0.1) is 5.39 Å². The van der Waals surface area contributed by atoms with Crippen molar-refractivity contribution in [1.29, 1.82) is 0 Å². The number of anilines is 1. The number of halogens is 1. The van der Waals surface area contributed by atoms with Gasteiger partial charge < -0.3 is 25.2 Å². The number of carboxylic acids is 1. The van der Waals surface area contributed by atoms with Crippen LogP contribution in [0.1, 0.15) is 29.6 Å². The number of carboxylic acid groups (broad SMARTS) is 1. The lowest BCUT2D eigenvalue weighted by Crippen LogP contribution is -2.44. The fraction of sp³-hybridized carbons (Fsp3) is 0.550. The first-order valence-electron chi connectivity index (χ1n) is 10.2. The molecule has 2 unspecified atom stereocenters. The summed E-state index contributed by atoms with van der Waals surface area (Å²) in [6.45, 7) is 3.86. The second-order valence-corrected chi connectivity index (χ2v) is 8.33. The SMILES string of the molecule is O=C(O)c1cn(CC2CCNCC2)c2nc(N3CC4CC3CN4)c(F)cc2c1=O. The molecule has 3 aliphatic rings. The number of hydrogen-bond acceptors (Lipinski definition) is 6. The van der Waals surface area contributed by atoms with Crippen LogP contribution < -0.4 is 21.0 Å². The van der Waals surface area contributed by atoms with Gasteiger partial charge in [-0.15, -0.1) is 0 Å². The van der Waals surface area contributed by atoms with Gasteiger partial charge in [0.1, 0.15) is 11.2 Å². The largest absolute Gasteiger partial charge is 0.477 e. The van der Waals surface area contributed by atoms with Gasteiger partial charge in [0, 0.05) is 37.9 Å². The van der Waals surface area contributed by atoms with Crippen LogP contribution in [0.4, 0.5) is 10.2 Å². The Morgan fingerprint density at radius 1 is 1.34 bits per heavy atom. The van der Waals surface area contributed by atoms with Crippen LogP contribution in [0.5, 0.6) is 0 Å². The summed E-state index contributed by atoms with van der Waals surface area (Å²) in [6.07, 6.45) is 4.26. The zero-order valence-corrected chi connectivity index (χ0v) is 16.0. The molecule has 2 atom stereocenters. The predicted molar refractivity (Wildman–Crippen MR) is 106 cm³/mol. The summed E-state index contributed by atoms with van der Waals surface area (Å²) in [6, 6.07) is 1.70. The molecule has 8 nitrogen and oxygen atoms in total. The molecule has 3 saturated heterocycles. The molecule has 0 aliphatic carbocycles. The van der Waals surface area contributed by atoms with Crippen molar-refractivity contribution in [3.63, 3.8) is 0 Å². The molecule has 0 aromatic carbocycles. The van der Waals surface area contributed by atoms with Crippen molar-refractivity contribution in [3.8, 4) is 0 Å². The number of piperazine rings is 1. The van der Waals surface area contributed by atoms with Gasteiger partial charge in [0.15, 0.2) is 11.6 Å². The first kappa shape index (κ1) is 18.5. The van der Waals surface area contributed by atoms with Crippen LogP contribution in [-0.4, -0.2) is 58.9 Å². The number of rotatable bonds is 4. The van der Waals surface area contributed by atoms with Crippen LogP contribution in [0.25, 0.3) is 11.0 Å². The number of aromatic carboxylic acids is 1. The Kier molecular flexibility index (Phi) is 4.51. The van der Waals surface area contributed by atoms with E-state index in [0.717, 1.165) is 38.9 Å². The van der Waals surface area contributed by atoms with Gasteiger partial charge in [-0.2, -0.15) is 0 Å². The maximum atomic E-state index is 15.0. The minimum Gasteiger partial charge on any atom is -0.477 e. The summed E-state index contributed by atoms with van der Waals surface area (Å²) >= 11 is 0. The Bertz CT molecular complexity index is 1030. The first-order valence-corrected chi connectivity index (χ1v) is 10.2. The lowest BCUT2D eigenvalue weighted by atomic mass is 9.98. The van der Waals surface area contributed by atoms with E-state index in [-0.39, 0.29) is 22.8 Å². The highest BCUT2D eigenvalue weighted by atomic mass is 19.1. The van der Waals surface area contributed by atoms with Crippen molar-refractivity contribution in [2.75, 3.05) is 31.1 Å². The first-order chi connectivity index (χ1) is 14.0. The van der Waals surface area contributed by atoms with E-state index >= 15 is 0 Å². The van der Waals surface area contributed by atoms with E-state index in [9.17, 15) is 19.1 Å². The molecule has 0 amide bonds. The van der Waals surface area contributed by atoms with E-state index in [0.29, 0.717) is 30.7 Å². The van der Waals surface area contributed by atoms with Gasteiger partial charge in [-0.05, 0) is 44.3 Å². The summed E-state index contributed by atoms with van der Waals surface area (Å²) in [5, 5.41) is 16.2. The quantitative estimate of drug-likeness (QED) is 0.696. The normalized spacial score (nSPS) is 24.5. The average Bonchev–Trinajstić information content (AvgIpc) is 3.34. The number of pyridine rings is 2. The lowest BCUT2D eigenvalue weighted by molar-refractivity contribution is 0.0694. The molecule has 2 bridgehead atoms.